The van der Waals surface area contributed by atoms with Crippen molar-refractivity contribution in [2.75, 3.05) is 31.8 Å². The molecule has 3 saturated heterocycles. The minimum Gasteiger partial charge on any atom is -0.497 e. The van der Waals surface area contributed by atoms with Crippen LogP contribution in [0.15, 0.2) is 49.6 Å². The number of hydrogen-bond acceptors (Lipinski definition) is 7. The normalized spacial score (nSPS) is 29.5. The molecular formula is C32H44N2O6S. The quantitative estimate of drug-likeness (QED) is 0.196. The molecule has 1 aromatic rings. The van der Waals surface area contributed by atoms with Crippen LogP contribution in [0.25, 0.3) is 0 Å². The first-order valence-electron chi connectivity index (χ1n) is 14.7. The van der Waals surface area contributed by atoms with Gasteiger partial charge in [-0.25, -0.2) is 0 Å². The van der Waals surface area contributed by atoms with E-state index in [9.17, 15) is 19.5 Å². The number of likely N-dealkylation sites (tertiary alicyclic amines) is 1. The lowest BCUT2D eigenvalue weighted by molar-refractivity contribution is -0.155. The Labute approximate surface area is 248 Å². The zero-order chi connectivity index (χ0) is 29.9. The van der Waals surface area contributed by atoms with Crippen molar-refractivity contribution in [2.45, 2.75) is 68.5 Å². The van der Waals surface area contributed by atoms with Crippen LogP contribution in [-0.2, 0) is 19.1 Å². The van der Waals surface area contributed by atoms with Gasteiger partial charge in [0, 0.05) is 17.5 Å². The molecule has 3 heterocycles. The summed E-state index contributed by atoms with van der Waals surface area (Å²) in [5.41, 5.74) is 0.662. The van der Waals surface area contributed by atoms with E-state index >= 15 is 0 Å². The Hall–Kier alpha value is -2.78. The number of aliphatic hydroxyl groups is 1. The van der Waals surface area contributed by atoms with E-state index in [1.54, 1.807) is 53.0 Å². The highest BCUT2D eigenvalue weighted by molar-refractivity contribution is 8.02. The first kappa shape index (κ1) is 31.2. The molecule has 0 saturated carbocycles. The molecule has 4 rings (SSSR count). The summed E-state index contributed by atoms with van der Waals surface area (Å²) >= 11 is 1.61. The number of aliphatic hydroxyl groups excluding tert-OH is 1. The monoisotopic (exact) mass is 584 g/mol. The molecule has 9 heteroatoms. The van der Waals surface area contributed by atoms with Crippen LogP contribution in [0.3, 0.4) is 0 Å². The van der Waals surface area contributed by atoms with Gasteiger partial charge in [-0.2, -0.15) is 0 Å². The van der Waals surface area contributed by atoms with Crippen molar-refractivity contribution in [1.82, 2.24) is 4.90 Å². The standard InChI is InChI=1S/C32H44N2O6S/c1-7-10-11-17-40-31(38)26-25-18-21(5)32(41-25)27(26)29(36)34(24(19-35)20(4)9-3)28(32)30(37)33(16-8-2)22-12-14-23(39-6)15-13-22/h7-8,12-15,20-21,24-28,35H,1-2,9-11,16-19H2,3-6H3/t20-,21?,24-,25+,26-,27-,28?,32?/m0/s1. The Balaban J connectivity index is 1.80. The Kier molecular flexibility index (Phi) is 9.90. The van der Waals surface area contributed by atoms with Crippen molar-refractivity contribution in [2.24, 2.45) is 23.7 Å². The minimum absolute atomic E-state index is 0.00735. The first-order valence-corrected chi connectivity index (χ1v) is 15.5. The Morgan fingerprint density at radius 1 is 1.27 bits per heavy atom. The summed E-state index contributed by atoms with van der Waals surface area (Å²) in [4.78, 5) is 46.1. The number of methoxy groups -OCH3 is 1. The molecule has 1 N–H and O–H groups in total. The number of anilines is 1. The van der Waals surface area contributed by atoms with Crippen LogP contribution < -0.4 is 9.64 Å². The molecule has 2 bridgehead atoms. The molecule has 3 unspecified atom stereocenters. The predicted octanol–water partition coefficient (Wildman–Crippen LogP) is 4.47. The fourth-order valence-corrected chi connectivity index (χ4v) is 9.43. The highest BCUT2D eigenvalue weighted by Crippen LogP contribution is 2.69. The third kappa shape index (κ3) is 5.31. The van der Waals surface area contributed by atoms with Crippen LogP contribution in [0, 0.1) is 23.7 Å². The molecule has 224 valence electrons. The van der Waals surface area contributed by atoms with E-state index in [0.29, 0.717) is 17.9 Å². The van der Waals surface area contributed by atoms with Gasteiger partial charge in [-0.15, -0.1) is 24.9 Å². The molecule has 3 aliphatic rings. The van der Waals surface area contributed by atoms with Crippen LogP contribution in [0.4, 0.5) is 5.69 Å². The number of unbranched alkanes of at least 4 members (excludes halogenated alkanes) is 1. The number of allylic oxidation sites excluding steroid dienone is 1. The average Bonchev–Trinajstić information content (AvgIpc) is 3.57. The van der Waals surface area contributed by atoms with Crippen LogP contribution >= 0.6 is 11.8 Å². The largest absolute Gasteiger partial charge is 0.497 e. The summed E-state index contributed by atoms with van der Waals surface area (Å²) in [6.45, 7) is 13.9. The molecule has 1 aromatic carbocycles. The van der Waals surface area contributed by atoms with E-state index < -0.39 is 28.7 Å². The van der Waals surface area contributed by atoms with Gasteiger partial charge in [0.25, 0.3) is 5.91 Å². The van der Waals surface area contributed by atoms with Gasteiger partial charge < -0.3 is 24.4 Å². The van der Waals surface area contributed by atoms with Crippen molar-refractivity contribution in [3.8, 4) is 5.75 Å². The SMILES string of the molecule is C=CCCCOC(=O)[C@@H]1[C@H]2C(=O)N([C@@H](CO)[C@@H](C)CC)C(C(=O)N(CC=C)c3ccc(OC)cc3)C23S[C@@H]1CC3C. The molecule has 0 aliphatic carbocycles. The van der Waals surface area contributed by atoms with Gasteiger partial charge in [0.2, 0.25) is 5.91 Å². The Morgan fingerprint density at radius 2 is 1.98 bits per heavy atom. The second-order valence-corrected chi connectivity index (χ2v) is 13.0. The maximum Gasteiger partial charge on any atom is 0.310 e. The van der Waals surface area contributed by atoms with Gasteiger partial charge >= 0.3 is 5.97 Å². The number of amides is 2. The number of ether oxygens (including phenoxy) is 2. The van der Waals surface area contributed by atoms with Gasteiger partial charge in [0.1, 0.15) is 11.8 Å². The van der Waals surface area contributed by atoms with Crippen LogP contribution in [0.5, 0.6) is 5.75 Å². The topological polar surface area (TPSA) is 96.4 Å². The number of rotatable bonds is 14. The molecule has 8 atom stereocenters. The average molecular weight is 585 g/mol. The summed E-state index contributed by atoms with van der Waals surface area (Å²) in [5, 5.41) is 10.5. The Morgan fingerprint density at radius 3 is 2.56 bits per heavy atom. The molecule has 0 aromatic heterocycles. The third-order valence-corrected chi connectivity index (χ3v) is 11.4. The summed E-state index contributed by atoms with van der Waals surface area (Å²) < 4.78 is 10.2. The first-order chi connectivity index (χ1) is 19.7. The molecule has 1 spiro atoms. The van der Waals surface area contributed by atoms with Crippen molar-refractivity contribution >= 4 is 35.2 Å². The zero-order valence-corrected chi connectivity index (χ0v) is 25.5. The third-order valence-electron chi connectivity index (χ3n) is 9.29. The number of carbonyl (C=O) groups is 3. The van der Waals surface area contributed by atoms with E-state index in [1.165, 1.54) is 0 Å². The smallest absolute Gasteiger partial charge is 0.310 e. The molecule has 3 aliphatic heterocycles. The lowest BCUT2D eigenvalue weighted by Crippen LogP contribution is -2.60. The number of hydrogen-bond donors (Lipinski definition) is 1. The van der Waals surface area contributed by atoms with E-state index in [-0.39, 0.29) is 54.6 Å². The summed E-state index contributed by atoms with van der Waals surface area (Å²) in [6.07, 6.45) is 6.31. The zero-order valence-electron chi connectivity index (χ0n) is 24.7. The predicted molar refractivity (Wildman–Crippen MR) is 162 cm³/mol. The maximum absolute atomic E-state index is 14.8. The fourth-order valence-electron chi connectivity index (χ4n) is 7.04. The Bertz CT molecular complexity index is 1140. The lowest BCUT2D eigenvalue weighted by Gasteiger charge is -2.43. The van der Waals surface area contributed by atoms with Gasteiger partial charge in [-0.3, -0.25) is 14.4 Å². The van der Waals surface area contributed by atoms with Gasteiger partial charge in [0.05, 0.1) is 42.9 Å². The summed E-state index contributed by atoms with van der Waals surface area (Å²) in [6, 6.07) is 5.82. The second kappa shape index (κ2) is 13.0. The maximum atomic E-state index is 14.8. The lowest BCUT2D eigenvalue weighted by atomic mass is 9.66. The van der Waals surface area contributed by atoms with Crippen molar-refractivity contribution < 1.29 is 29.0 Å². The highest BCUT2D eigenvalue weighted by atomic mass is 32.2. The van der Waals surface area contributed by atoms with E-state index in [2.05, 4.69) is 20.1 Å². The molecule has 3 fully saturated rings. The summed E-state index contributed by atoms with van der Waals surface area (Å²) in [7, 11) is 1.59. The fraction of sp³-hybridized carbons (Fsp3) is 0.594. The number of esters is 1. The van der Waals surface area contributed by atoms with Crippen LogP contribution in [0.2, 0.25) is 0 Å². The van der Waals surface area contributed by atoms with Crippen LogP contribution in [-0.4, -0.2) is 76.7 Å². The highest BCUT2D eigenvalue weighted by Gasteiger charge is 2.77. The minimum atomic E-state index is -0.850. The van der Waals surface area contributed by atoms with E-state index in [4.69, 9.17) is 9.47 Å². The van der Waals surface area contributed by atoms with Crippen molar-refractivity contribution in [1.29, 1.82) is 0 Å². The number of thioether (sulfide) groups is 1. The molecule has 41 heavy (non-hydrogen) atoms. The number of fused-ring (bicyclic) bond motifs is 1. The second-order valence-electron chi connectivity index (χ2n) is 11.5. The van der Waals surface area contributed by atoms with E-state index in [0.717, 1.165) is 19.3 Å². The van der Waals surface area contributed by atoms with Gasteiger partial charge in [-0.1, -0.05) is 39.3 Å². The number of nitrogens with zero attached hydrogens (tertiary/aromatic N) is 2. The van der Waals surface area contributed by atoms with Gasteiger partial charge in [-0.05, 0) is 55.4 Å². The molecule has 2 amide bonds. The molecule has 0 radical (unpaired) electrons. The van der Waals surface area contributed by atoms with Crippen LogP contribution in [0.1, 0.15) is 46.5 Å². The summed E-state index contributed by atoms with van der Waals surface area (Å²) in [5.74, 6) is -1.52. The number of benzene rings is 1. The van der Waals surface area contributed by atoms with Gasteiger partial charge in [0.15, 0.2) is 0 Å². The molecular weight excluding hydrogens is 540 g/mol. The number of carbonyl (C=O) groups excluding carboxylic acids is 3. The van der Waals surface area contributed by atoms with Crippen molar-refractivity contribution in [3.05, 3.63) is 49.6 Å². The van der Waals surface area contributed by atoms with E-state index in [1.807, 2.05) is 26.0 Å². The molecule has 8 nitrogen and oxygen atoms in total. The van der Waals surface area contributed by atoms with Crippen molar-refractivity contribution in [3.63, 3.8) is 0 Å².